The standard InChI is InChI=1S/C19H17ClNO3P/c20-25(21-13-19(22)23-14-15-7-2-1-3-8-15)24-18-12-6-10-16-9-4-5-11-17(16)18/h1-12,21H,13-14H2. The fourth-order valence-corrected chi connectivity index (χ4v) is 3.36. The van der Waals surface area contributed by atoms with E-state index in [-0.39, 0.29) is 19.1 Å². The zero-order valence-corrected chi connectivity index (χ0v) is 15.0. The van der Waals surface area contributed by atoms with E-state index in [1.807, 2.05) is 72.8 Å². The van der Waals surface area contributed by atoms with Gasteiger partial charge in [0, 0.05) is 5.39 Å². The third-order valence-corrected chi connectivity index (χ3v) is 4.85. The molecule has 3 rings (SSSR count). The number of benzene rings is 3. The van der Waals surface area contributed by atoms with Gasteiger partial charge in [0.15, 0.2) is 0 Å². The number of esters is 1. The van der Waals surface area contributed by atoms with Gasteiger partial charge in [-0.1, -0.05) is 66.7 Å². The second-order valence-electron chi connectivity index (χ2n) is 5.29. The second-order valence-corrected chi connectivity index (χ2v) is 7.20. The highest BCUT2D eigenvalue weighted by Gasteiger charge is 2.12. The molecule has 3 aromatic carbocycles. The molecule has 0 aliphatic heterocycles. The summed E-state index contributed by atoms with van der Waals surface area (Å²) in [5, 5.41) is 4.92. The summed E-state index contributed by atoms with van der Waals surface area (Å²) in [4.78, 5) is 11.8. The van der Waals surface area contributed by atoms with Crippen molar-refractivity contribution in [3.8, 4) is 5.75 Å². The quantitative estimate of drug-likeness (QED) is 0.467. The van der Waals surface area contributed by atoms with Crippen LogP contribution in [0.25, 0.3) is 10.8 Å². The molecule has 0 fully saturated rings. The molecule has 3 aromatic rings. The molecule has 0 saturated heterocycles. The lowest BCUT2D eigenvalue weighted by Crippen LogP contribution is -2.20. The molecule has 0 heterocycles. The lowest BCUT2D eigenvalue weighted by Gasteiger charge is -2.14. The fourth-order valence-electron chi connectivity index (χ4n) is 2.31. The minimum atomic E-state index is -1.51. The van der Waals surface area contributed by atoms with Crippen LogP contribution in [0.4, 0.5) is 0 Å². The Morgan fingerprint density at radius 1 is 0.960 bits per heavy atom. The van der Waals surface area contributed by atoms with Gasteiger partial charge in [0.05, 0.1) is 0 Å². The number of fused-ring (bicyclic) bond motifs is 1. The Bertz CT molecular complexity index is 839. The number of hydrogen-bond acceptors (Lipinski definition) is 4. The van der Waals surface area contributed by atoms with Crippen LogP contribution in [0.3, 0.4) is 0 Å². The molecule has 0 radical (unpaired) electrons. The molecule has 1 N–H and O–H groups in total. The minimum Gasteiger partial charge on any atom is -0.460 e. The maximum Gasteiger partial charge on any atom is 0.320 e. The monoisotopic (exact) mass is 373 g/mol. The van der Waals surface area contributed by atoms with Gasteiger partial charge in [-0.3, -0.25) is 4.79 Å². The molecular weight excluding hydrogens is 357 g/mol. The van der Waals surface area contributed by atoms with Crippen molar-refractivity contribution in [2.75, 3.05) is 6.54 Å². The summed E-state index contributed by atoms with van der Waals surface area (Å²) in [7, 11) is -1.51. The van der Waals surface area contributed by atoms with Crippen LogP contribution < -0.4 is 9.61 Å². The number of carbonyl (C=O) groups is 1. The first-order valence-corrected chi connectivity index (χ1v) is 9.93. The van der Waals surface area contributed by atoms with Crippen molar-refractivity contribution in [1.82, 2.24) is 5.09 Å². The van der Waals surface area contributed by atoms with Crippen molar-refractivity contribution >= 4 is 35.6 Å². The molecule has 128 valence electrons. The first kappa shape index (κ1) is 17.7. The maximum absolute atomic E-state index is 11.8. The van der Waals surface area contributed by atoms with E-state index in [2.05, 4.69) is 5.09 Å². The number of carbonyl (C=O) groups excluding carboxylic acids is 1. The summed E-state index contributed by atoms with van der Waals surface area (Å²) in [5.41, 5.74) is 0.941. The van der Waals surface area contributed by atoms with Crippen LogP contribution in [-0.2, 0) is 16.1 Å². The molecule has 6 heteroatoms. The Hall–Kier alpha value is -2.13. The zero-order chi connectivity index (χ0) is 17.5. The summed E-state index contributed by atoms with van der Waals surface area (Å²) in [6, 6.07) is 23.2. The normalized spacial score (nSPS) is 11.9. The van der Waals surface area contributed by atoms with Crippen LogP contribution in [0.5, 0.6) is 5.75 Å². The molecule has 25 heavy (non-hydrogen) atoms. The predicted octanol–water partition coefficient (Wildman–Crippen LogP) is 5.02. The van der Waals surface area contributed by atoms with Gasteiger partial charge < -0.3 is 9.26 Å². The van der Waals surface area contributed by atoms with Gasteiger partial charge in [0.25, 0.3) is 7.65 Å². The fraction of sp³-hybridized carbons (Fsp3) is 0.105. The van der Waals surface area contributed by atoms with Crippen molar-refractivity contribution in [3.05, 3.63) is 78.4 Å². The molecular formula is C19H17ClNO3P. The van der Waals surface area contributed by atoms with Gasteiger partial charge in [-0.15, -0.1) is 0 Å². The summed E-state index contributed by atoms with van der Waals surface area (Å²) in [6.45, 7) is 0.235. The summed E-state index contributed by atoms with van der Waals surface area (Å²) in [5.74, 6) is 0.308. The second kappa shape index (κ2) is 8.82. The van der Waals surface area contributed by atoms with Gasteiger partial charge in [-0.05, 0) is 28.3 Å². The Morgan fingerprint density at radius 3 is 2.52 bits per heavy atom. The van der Waals surface area contributed by atoms with Gasteiger partial charge in [0.2, 0.25) is 0 Å². The van der Waals surface area contributed by atoms with E-state index in [9.17, 15) is 4.79 Å². The van der Waals surface area contributed by atoms with Gasteiger partial charge >= 0.3 is 5.97 Å². The van der Waals surface area contributed by atoms with Crippen molar-refractivity contribution < 1.29 is 14.1 Å². The molecule has 0 amide bonds. The van der Waals surface area contributed by atoms with E-state index in [0.717, 1.165) is 16.3 Å². The van der Waals surface area contributed by atoms with E-state index in [4.69, 9.17) is 20.5 Å². The lowest BCUT2D eigenvalue weighted by atomic mass is 10.1. The van der Waals surface area contributed by atoms with E-state index >= 15 is 0 Å². The number of rotatable bonds is 7. The highest BCUT2D eigenvalue weighted by molar-refractivity contribution is 7.78. The van der Waals surface area contributed by atoms with Crippen molar-refractivity contribution in [3.63, 3.8) is 0 Å². The first-order valence-electron chi connectivity index (χ1n) is 7.77. The van der Waals surface area contributed by atoms with Crippen LogP contribution in [0, 0.1) is 0 Å². The van der Waals surface area contributed by atoms with Gasteiger partial charge in [-0.2, -0.15) is 0 Å². The Kier molecular flexibility index (Phi) is 6.24. The summed E-state index contributed by atoms with van der Waals surface area (Å²) >= 11 is 6.20. The molecule has 4 nitrogen and oxygen atoms in total. The summed E-state index contributed by atoms with van der Waals surface area (Å²) < 4.78 is 10.9. The molecule has 1 atom stereocenters. The van der Waals surface area contributed by atoms with Crippen LogP contribution in [0.15, 0.2) is 72.8 Å². The molecule has 0 aromatic heterocycles. The zero-order valence-electron chi connectivity index (χ0n) is 13.4. The van der Waals surface area contributed by atoms with E-state index < -0.39 is 7.65 Å². The topological polar surface area (TPSA) is 47.6 Å². The molecule has 0 bridgehead atoms. The first-order chi connectivity index (χ1) is 12.2. The molecule has 1 unspecified atom stereocenters. The van der Waals surface area contributed by atoms with Crippen LogP contribution in [0.1, 0.15) is 5.56 Å². The Balaban J connectivity index is 1.49. The summed E-state index contributed by atoms with van der Waals surface area (Å²) in [6.07, 6.45) is 0. The van der Waals surface area contributed by atoms with E-state index in [1.165, 1.54) is 0 Å². The Morgan fingerprint density at radius 2 is 1.68 bits per heavy atom. The minimum absolute atomic E-state index is 0.00714. The van der Waals surface area contributed by atoms with Crippen LogP contribution in [0.2, 0.25) is 0 Å². The third-order valence-electron chi connectivity index (χ3n) is 3.52. The van der Waals surface area contributed by atoms with Crippen LogP contribution >= 0.6 is 18.9 Å². The number of nitrogens with one attached hydrogen (secondary N) is 1. The smallest absolute Gasteiger partial charge is 0.320 e. The highest BCUT2D eigenvalue weighted by atomic mass is 35.7. The van der Waals surface area contributed by atoms with Gasteiger partial charge in [0.1, 0.15) is 18.9 Å². The average molecular weight is 374 g/mol. The molecule has 0 spiro atoms. The van der Waals surface area contributed by atoms with Crippen molar-refractivity contribution in [2.24, 2.45) is 0 Å². The third kappa shape index (κ3) is 5.17. The largest absolute Gasteiger partial charge is 0.460 e. The van der Waals surface area contributed by atoms with E-state index in [1.54, 1.807) is 0 Å². The number of hydrogen-bond donors (Lipinski definition) is 1. The van der Waals surface area contributed by atoms with Crippen molar-refractivity contribution in [1.29, 1.82) is 0 Å². The average Bonchev–Trinajstić information content (AvgIpc) is 2.66. The molecule has 0 saturated carbocycles. The number of ether oxygens (including phenoxy) is 1. The number of halogens is 1. The van der Waals surface area contributed by atoms with Crippen molar-refractivity contribution in [2.45, 2.75) is 6.61 Å². The molecule has 0 aliphatic carbocycles. The maximum atomic E-state index is 11.8. The Labute approximate surface area is 152 Å². The molecule has 0 aliphatic rings. The van der Waals surface area contributed by atoms with Gasteiger partial charge in [-0.25, -0.2) is 5.09 Å². The van der Waals surface area contributed by atoms with E-state index in [0.29, 0.717) is 5.75 Å². The highest BCUT2D eigenvalue weighted by Crippen LogP contribution is 2.41. The van der Waals surface area contributed by atoms with Crippen LogP contribution in [-0.4, -0.2) is 12.5 Å². The predicted molar refractivity (Wildman–Crippen MR) is 102 cm³/mol. The SMILES string of the molecule is O=C(CNP(Cl)Oc1cccc2ccccc12)OCc1ccccc1. The lowest BCUT2D eigenvalue weighted by molar-refractivity contribution is -0.143.